The van der Waals surface area contributed by atoms with Gasteiger partial charge in [0.05, 0.1) is 12.0 Å². The molecular weight excluding hydrogens is 476 g/mol. The lowest BCUT2D eigenvalue weighted by molar-refractivity contribution is -0.142. The van der Waals surface area contributed by atoms with E-state index in [1.807, 2.05) is 30.5 Å². The fourth-order valence-corrected chi connectivity index (χ4v) is 5.10. The lowest BCUT2D eigenvalue weighted by atomic mass is 10.1. The zero-order chi connectivity index (χ0) is 25.4. The molecule has 2 aromatic carbocycles. The van der Waals surface area contributed by atoms with E-state index in [-0.39, 0.29) is 11.3 Å². The predicted octanol–water partition coefficient (Wildman–Crippen LogP) is 3.72. The number of methoxy groups -OCH3 is 1. The molecule has 3 N–H and O–H groups in total. The number of carbonyl (C=O) groups excluding carboxylic acids is 1. The molecule has 0 amide bonds. The SMILES string of the molecule is COC(=O)[C@@H](Cc1c[nH]c2ccccc12)NS(=O)(=O)c1ccc(C#CCCCCc2ncc[nH]2)cc1. The van der Waals surface area contributed by atoms with Crippen molar-refractivity contribution in [3.63, 3.8) is 0 Å². The highest BCUT2D eigenvalue weighted by Crippen LogP contribution is 2.20. The summed E-state index contributed by atoms with van der Waals surface area (Å²) in [4.78, 5) is 22.9. The first-order valence-corrected chi connectivity index (χ1v) is 13.2. The number of sulfonamides is 1. The number of ether oxygens (including phenoxy) is 1. The highest BCUT2D eigenvalue weighted by Gasteiger charge is 2.27. The monoisotopic (exact) mass is 504 g/mol. The predicted molar refractivity (Wildman–Crippen MR) is 138 cm³/mol. The lowest BCUT2D eigenvalue weighted by Gasteiger charge is -2.16. The van der Waals surface area contributed by atoms with Gasteiger partial charge in [-0.15, -0.1) is 0 Å². The van der Waals surface area contributed by atoms with Gasteiger partial charge in [-0.1, -0.05) is 30.0 Å². The van der Waals surface area contributed by atoms with Crippen LogP contribution in [-0.2, 0) is 32.4 Å². The highest BCUT2D eigenvalue weighted by molar-refractivity contribution is 7.89. The number of unbranched alkanes of at least 4 members (excludes halogenated alkanes) is 2. The van der Waals surface area contributed by atoms with E-state index in [0.29, 0.717) is 0 Å². The standard InChI is InChI=1S/C27H28N4O4S/c1-35-27(32)25(18-21-19-30-24-10-7-6-9-23(21)24)31-36(33,34)22-14-12-20(13-15-22)8-4-2-3-5-11-26-28-16-17-29-26/h6-7,9-10,12-17,19,25,30-31H,2-3,5,11,18H2,1H3,(H,28,29)/t25-/m1/s1. The summed E-state index contributed by atoms with van der Waals surface area (Å²) < 4.78 is 33.4. The summed E-state index contributed by atoms with van der Waals surface area (Å²) >= 11 is 0. The van der Waals surface area contributed by atoms with Crippen molar-refractivity contribution in [3.05, 3.63) is 84.1 Å². The number of rotatable bonds is 10. The van der Waals surface area contributed by atoms with E-state index in [4.69, 9.17) is 4.74 Å². The average Bonchev–Trinajstić information content (AvgIpc) is 3.56. The van der Waals surface area contributed by atoms with Gasteiger partial charge in [0.2, 0.25) is 10.0 Å². The molecule has 0 fully saturated rings. The molecular formula is C27H28N4O4S. The Morgan fingerprint density at radius 1 is 1.11 bits per heavy atom. The van der Waals surface area contributed by atoms with Crippen molar-refractivity contribution in [1.29, 1.82) is 0 Å². The van der Waals surface area contributed by atoms with Crippen LogP contribution in [0.5, 0.6) is 0 Å². The van der Waals surface area contributed by atoms with E-state index < -0.39 is 22.0 Å². The van der Waals surface area contributed by atoms with Crippen molar-refractivity contribution in [1.82, 2.24) is 19.7 Å². The molecule has 9 heteroatoms. The van der Waals surface area contributed by atoms with E-state index in [1.54, 1.807) is 24.5 Å². The van der Waals surface area contributed by atoms with E-state index >= 15 is 0 Å². The van der Waals surface area contributed by atoms with Crippen molar-refractivity contribution in [2.45, 2.75) is 43.0 Å². The third-order valence-corrected chi connectivity index (χ3v) is 7.29. The molecule has 0 spiro atoms. The van der Waals surface area contributed by atoms with Gasteiger partial charge in [0, 0.05) is 54.3 Å². The number of carbonyl (C=O) groups is 1. The number of aromatic nitrogens is 3. The van der Waals surface area contributed by atoms with Crippen LogP contribution in [-0.4, -0.2) is 42.5 Å². The number of H-pyrrole nitrogens is 2. The van der Waals surface area contributed by atoms with Gasteiger partial charge in [0.15, 0.2) is 0 Å². The van der Waals surface area contributed by atoms with Crippen molar-refractivity contribution in [2.24, 2.45) is 0 Å². The number of hydrogen-bond acceptors (Lipinski definition) is 5. The van der Waals surface area contributed by atoms with Gasteiger partial charge in [-0.05, 0) is 48.7 Å². The number of aryl methyl sites for hydroxylation is 1. The van der Waals surface area contributed by atoms with Crippen molar-refractivity contribution < 1.29 is 17.9 Å². The highest BCUT2D eigenvalue weighted by atomic mass is 32.2. The Balaban J connectivity index is 1.37. The summed E-state index contributed by atoms with van der Waals surface area (Å²) in [6, 6.07) is 12.9. The van der Waals surface area contributed by atoms with Crippen LogP contribution < -0.4 is 4.72 Å². The van der Waals surface area contributed by atoms with Crippen LogP contribution in [0, 0.1) is 11.8 Å². The molecule has 0 aliphatic carbocycles. The molecule has 0 bridgehead atoms. The number of esters is 1. The minimum Gasteiger partial charge on any atom is -0.468 e. The van der Waals surface area contributed by atoms with Crippen molar-refractivity contribution >= 4 is 26.9 Å². The molecule has 1 atom stereocenters. The summed E-state index contributed by atoms with van der Waals surface area (Å²) in [6.07, 6.45) is 9.07. The molecule has 0 aliphatic heterocycles. The van der Waals surface area contributed by atoms with Crippen LogP contribution in [0.2, 0.25) is 0 Å². The molecule has 36 heavy (non-hydrogen) atoms. The van der Waals surface area contributed by atoms with Crippen molar-refractivity contribution in [2.75, 3.05) is 7.11 Å². The first-order chi connectivity index (χ1) is 17.5. The Morgan fingerprint density at radius 2 is 1.92 bits per heavy atom. The van der Waals surface area contributed by atoms with Gasteiger partial charge >= 0.3 is 5.97 Å². The fourth-order valence-electron chi connectivity index (χ4n) is 3.91. The Hall–Kier alpha value is -3.87. The quantitative estimate of drug-likeness (QED) is 0.173. The molecule has 0 saturated carbocycles. The summed E-state index contributed by atoms with van der Waals surface area (Å²) in [6.45, 7) is 0. The van der Waals surface area contributed by atoms with Crippen LogP contribution in [0.3, 0.4) is 0 Å². The minimum atomic E-state index is -3.96. The number of hydrogen-bond donors (Lipinski definition) is 3. The number of benzene rings is 2. The molecule has 8 nitrogen and oxygen atoms in total. The second kappa shape index (κ2) is 11.7. The minimum absolute atomic E-state index is 0.0549. The largest absolute Gasteiger partial charge is 0.468 e. The first-order valence-electron chi connectivity index (χ1n) is 11.7. The number of aromatic amines is 2. The Kier molecular flexibility index (Phi) is 8.21. The van der Waals surface area contributed by atoms with Crippen LogP contribution >= 0.6 is 0 Å². The van der Waals surface area contributed by atoms with E-state index in [0.717, 1.165) is 53.5 Å². The van der Waals surface area contributed by atoms with Crippen molar-refractivity contribution in [3.8, 4) is 11.8 Å². The molecule has 2 aromatic heterocycles. The smallest absolute Gasteiger partial charge is 0.324 e. The van der Waals surface area contributed by atoms with Gasteiger partial charge < -0.3 is 14.7 Å². The molecule has 2 heterocycles. The second-order valence-electron chi connectivity index (χ2n) is 8.33. The number of para-hydroxylation sites is 1. The lowest BCUT2D eigenvalue weighted by Crippen LogP contribution is -2.42. The molecule has 0 aliphatic rings. The summed E-state index contributed by atoms with van der Waals surface area (Å²) in [5, 5.41) is 0.925. The van der Waals surface area contributed by atoms with Crippen LogP contribution in [0.15, 0.2) is 72.0 Å². The Labute approximate surface area is 210 Å². The number of fused-ring (bicyclic) bond motifs is 1. The van der Waals surface area contributed by atoms with E-state index in [1.165, 1.54) is 19.2 Å². The molecule has 0 radical (unpaired) electrons. The number of nitrogens with one attached hydrogen (secondary N) is 3. The first kappa shape index (κ1) is 25.2. The Morgan fingerprint density at radius 3 is 2.67 bits per heavy atom. The maximum atomic E-state index is 13.0. The zero-order valence-corrected chi connectivity index (χ0v) is 20.8. The molecule has 4 rings (SSSR count). The second-order valence-corrected chi connectivity index (χ2v) is 10.0. The maximum absolute atomic E-state index is 13.0. The van der Waals surface area contributed by atoms with Crippen LogP contribution in [0.4, 0.5) is 0 Å². The van der Waals surface area contributed by atoms with Gasteiger partial charge in [0.1, 0.15) is 11.9 Å². The van der Waals surface area contributed by atoms with Crippen LogP contribution in [0.1, 0.15) is 36.2 Å². The Bertz CT molecular complexity index is 1460. The van der Waals surface area contributed by atoms with E-state index in [2.05, 4.69) is 31.5 Å². The summed E-state index contributed by atoms with van der Waals surface area (Å²) in [5.41, 5.74) is 2.45. The molecule has 0 saturated heterocycles. The topological polar surface area (TPSA) is 117 Å². The normalized spacial score (nSPS) is 12.1. The number of imidazole rings is 1. The fraction of sp³-hybridized carbons (Fsp3) is 0.259. The average molecular weight is 505 g/mol. The zero-order valence-electron chi connectivity index (χ0n) is 20.0. The van der Waals surface area contributed by atoms with Gasteiger partial charge in [-0.25, -0.2) is 13.4 Å². The van der Waals surface area contributed by atoms with Crippen LogP contribution in [0.25, 0.3) is 10.9 Å². The number of nitrogens with zero attached hydrogens (tertiary/aromatic N) is 1. The third-order valence-electron chi connectivity index (χ3n) is 5.80. The third kappa shape index (κ3) is 6.42. The van der Waals surface area contributed by atoms with E-state index in [9.17, 15) is 13.2 Å². The van der Waals surface area contributed by atoms with Gasteiger partial charge in [-0.2, -0.15) is 4.72 Å². The maximum Gasteiger partial charge on any atom is 0.324 e. The molecule has 0 unspecified atom stereocenters. The summed E-state index contributed by atoms with van der Waals surface area (Å²) in [7, 11) is -2.72. The summed E-state index contributed by atoms with van der Waals surface area (Å²) in [5.74, 6) is 6.51. The molecule has 4 aromatic rings. The van der Waals surface area contributed by atoms with Gasteiger partial charge in [-0.3, -0.25) is 4.79 Å². The van der Waals surface area contributed by atoms with Gasteiger partial charge in [0.25, 0.3) is 0 Å². The molecule has 186 valence electrons.